The predicted octanol–water partition coefficient (Wildman–Crippen LogP) is 2.49. The number of nitrogens with one attached hydrogen (secondary N) is 1. The monoisotopic (exact) mass is 275 g/mol. The molecule has 110 valence electrons. The molecule has 0 aromatic heterocycles. The van der Waals surface area contributed by atoms with Gasteiger partial charge in [-0.1, -0.05) is 6.92 Å². The molecule has 0 radical (unpaired) electrons. The van der Waals surface area contributed by atoms with Gasteiger partial charge >= 0.3 is 0 Å². The fourth-order valence-corrected chi connectivity index (χ4v) is 2.49. The van der Waals surface area contributed by atoms with Crippen molar-refractivity contribution in [1.29, 1.82) is 0 Å². The average Bonchev–Trinajstić information content (AvgIpc) is 2.42. The first-order valence-electron chi connectivity index (χ1n) is 7.44. The maximum Gasteiger partial charge on any atom is 0.224 e. The van der Waals surface area contributed by atoms with E-state index < -0.39 is 0 Å². The third kappa shape index (κ3) is 3.73. The summed E-state index contributed by atoms with van der Waals surface area (Å²) in [7, 11) is 2.16. The molecule has 2 rings (SSSR count). The molecule has 1 aromatic rings. The first-order chi connectivity index (χ1) is 9.60. The molecule has 0 atom stereocenters. The number of amides is 1. The van der Waals surface area contributed by atoms with E-state index in [4.69, 9.17) is 0 Å². The Morgan fingerprint density at radius 3 is 2.55 bits per heavy atom. The topological polar surface area (TPSA) is 35.6 Å². The number of nitrogens with zero attached hydrogens (tertiary/aromatic N) is 2. The van der Waals surface area contributed by atoms with Crippen LogP contribution >= 0.6 is 0 Å². The van der Waals surface area contributed by atoms with Crippen LogP contribution in [-0.4, -0.2) is 44.0 Å². The van der Waals surface area contributed by atoms with Crippen LogP contribution in [0.1, 0.15) is 25.3 Å². The van der Waals surface area contributed by atoms with Gasteiger partial charge in [-0.25, -0.2) is 0 Å². The molecule has 0 bridgehead atoms. The SMILES string of the molecule is CCCC(=O)Nc1ccc(N2CCN(C)CC2)cc1C. The van der Waals surface area contributed by atoms with Gasteiger partial charge < -0.3 is 15.1 Å². The predicted molar refractivity (Wildman–Crippen MR) is 84.4 cm³/mol. The van der Waals surface area contributed by atoms with Crippen LogP contribution in [-0.2, 0) is 4.79 Å². The first-order valence-corrected chi connectivity index (χ1v) is 7.44. The van der Waals surface area contributed by atoms with E-state index in [1.54, 1.807) is 0 Å². The van der Waals surface area contributed by atoms with Gasteiger partial charge in [-0.05, 0) is 44.2 Å². The summed E-state index contributed by atoms with van der Waals surface area (Å²) in [6.45, 7) is 8.42. The van der Waals surface area contributed by atoms with Crippen LogP contribution in [0.3, 0.4) is 0 Å². The first kappa shape index (κ1) is 14.9. The van der Waals surface area contributed by atoms with Crippen LogP contribution in [0.15, 0.2) is 18.2 Å². The molecule has 1 saturated heterocycles. The van der Waals surface area contributed by atoms with E-state index in [9.17, 15) is 4.79 Å². The van der Waals surface area contributed by atoms with Gasteiger partial charge in [-0.2, -0.15) is 0 Å². The molecule has 0 aliphatic carbocycles. The quantitative estimate of drug-likeness (QED) is 0.917. The van der Waals surface area contributed by atoms with Crippen molar-refractivity contribution in [2.24, 2.45) is 0 Å². The molecule has 1 N–H and O–H groups in total. The van der Waals surface area contributed by atoms with Crippen LogP contribution in [0.5, 0.6) is 0 Å². The Labute approximate surface area is 121 Å². The van der Waals surface area contributed by atoms with Crippen molar-refractivity contribution >= 4 is 17.3 Å². The van der Waals surface area contributed by atoms with Gasteiger partial charge in [-0.15, -0.1) is 0 Å². The second-order valence-electron chi connectivity index (χ2n) is 5.59. The number of carbonyl (C=O) groups is 1. The van der Waals surface area contributed by atoms with E-state index in [0.717, 1.165) is 43.9 Å². The number of likely N-dealkylation sites (N-methyl/N-ethyl adjacent to an activating group) is 1. The molecule has 4 heteroatoms. The number of aryl methyl sites for hydroxylation is 1. The number of rotatable bonds is 4. The molecule has 1 fully saturated rings. The Hall–Kier alpha value is -1.55. The van der Waals surface area contributed by atoms with Crippen molar-refractivity contribution in [2.45, 2.75) is 26.7 Å². The summed E-state index contributed by atoms with van der Waals surface area (Å²) in [6.07, 6.45) is 1.46. The number of hydrogen-bond acceptors (Lipinski definition) is 3. The Bertz CT molecular complexity index is 465. The van der Waals surface area contributed by atoms with E-state index in [0.29, 0.717) is 6.42 Å². The Balaban J connectivity index is 2.03. The van der Waals surface area contributed by atoms with Crippen molar-refractivity contribution in [3.63, 3.8) is 0 Å². The molecular formula is C16H25N3O. The molecule has 0 saturated carbocycles. The molecule has 0 spiro atoms. The third-order valence-corrected chi connectivity index (χ3v) is 3.83. The van der Waals surface area contributed by atoms with Gasteiger partial charge in [0.1, 0.15) is 0 Å². The van der Waals surface area contributed by atoms with E-state index in [1.165, 1.54) is 5.69 Å². The van der Waals surface area contributed by atoms with Gasteiger partial charge in [0.05, 0.1) is 0 Å². The smallest absolute Gasteiger partial charge is 0.224 e. The zero-order valence-electron chi connectivity index (χ0n) is 12.8. The molecule has 1 aliphatic rings. The maximum absolute atomic E-state index is 11.7. The summed E-state index contributed by atoms with van der Waals surface area (Å²) >= 11 is 0. The van der Waals surface area contributed by atoms with Gasteiger partial charge in [0.15, 0.2) is 0 Å². The Kier molecular flexibility index (Phi) is 5.01. The normalized spacial score (nSPS) is 16.2. The average molecular weight is 275 g/mol. The van der Waals surface area contributed by atoms with Gasteiger partial charge in [-0.3, -0.25) is 4.79 Å². The molecule has 0 unspecified atom stereocenters. The maximum atomic E-state index is 11.7. The lowest BCUT2D eigenvalue weighted by Gasteiger charge is -2.34. The van der Waals surface area contributed by atoms with E-state index in [2.05, 4.69) is 41.2 Å². The van der Waals surface area contributed by atoms with Crippen molar-refractivity contribution in [3.05, 3.63) is 23.8 Å². The number of benzene rings is 1. The summed E-state index contributed by atoms with van der Waals surface area (Å²) in [4.78, 5) is 16.4. The zero-order chi connectivity index (χ0) is 14.5. The summed E-state index contributed by atoms with van der Waals surface area (Å²) in [5, 5.41) is 2.98. The van der Waals surface area contributed by atoms with Crippen LogP contribution in [0.25, 0.3) is 0 Å². The number of piperazine rings is 1. The summed E-state index contributed by atoms with van der Waals surface area (Å²) < 4.78 is 0. The lowest BCUT2D eigenvalue weighted by molar-refractivity contribution is -0.116. The second-order valence-corrected chi connectivity index (χ2v) is 5.59. The van der Waals surface area contributed by atoms with Gasteiger partial charge in [0, 0.05) is 44.0 Å². The lowest BCUT2D eigenvalue weighted by Crippen LogP contribution is -2.44. The van der Waals surface area contributed by atoms with Crippen LogP contribution in [0.2, 0.25) is 0 Å². The number of carbonyl (C=O) groups excluding carboxylic acids is 1. The van der Waals surface area contributed by atoms with Gasteiger partial charge in [0.25, 0.3) is 0 Å². The van der Waals surface area contributed by atoms with Crippen molar-refractivity contribution in [2.75, 3.05) is 43.4 Å². The molecule has 4 nitrogen and oxygen atoms in total. The molecular weight excluding hydrogens is 250 g/mol. The highest BCUT2D eigenvalue weighted by Gasteiger charge is 2.15. The zero-order valence-corrected chi connectivity index (χ0v) is 12.8. The largest absolute Gasteiger partial charge is 0.369 e. The summed E-state index contributed by atoms with van der Waals surface area (Å²) in [5.41, 5.74) is 3.32. The highest BCUT2D eigenvalue weighted by atomic mass is 16.1. The van der Waals surface area contributed by atoms with Crippen LogP contribution < -0.4 is 10.2 Å². The molecule has 1 aromatic carbocycles. The standard InChI is InChI=1S/C16H25N3O/c1-4-5-16(20)17-15-7-6-14(12-13(15)2)19-10-8-18(3)9-11-19/h6-7,12H,4-5,8-11H2,1-3H3,(H,17,20). The summed E-state index contributed by atoms with van der Waals surface area (Å²) in [6, 6.07) is 6.31. The van der Waals surface area contributed by atoms with E-state index >= 15 is 0 Å². The molecule has 1 heterocycles. The second kappa shape index (κ2) is 6.75. The number of anilines is 2. The van der Waals surface area contributed by atoms with Crippen molar-refractivity contribution in [3.8, 4) is 0 Å². The van der Waals surface area contributed by atoms with E-state index in [-0.39, 0.29) is 5.91 Å². The minimum atomic E-state index is 0.1000. The highest BCUT2D eigenvalue weighted by Crippen LogP contribution is 2.23. The molecule has 20 heavy (non-hydrogen) atoms. The van der Waals surface area contributed by atoms with Crippen LogP contribution in [0, 0.1) is 6.92 Å². The van der Waals surface area contributed by atoms with E-state index in [1.807, 2.05) is 13.0 Å². The molecule has 1 aliphatic heterocycles. The highest BCUT2D eigenvalue weighted by molar-refractivity contribution is 5.91. The fraction of sp³-hybridized carbons (Fsp3) is 0.562. The summed E-state index contributed by atoms with van der Waals surface area (Å²) in [5.74, 6) is 0.1000. The minimum absolute atomic E-state index is 0.1000. The minimum Gasteiger partial charge on any atom is -0.369 e. The third-order valence-electron chi connectivity index (χ3n) is 3.83. The lowest BCUT2D eigenvalue weighted by atomic mass is 10.1. The number of hydrogen-bond donors (Lipinski definition) is 1. The fourth-order valence-electron chi connectivity index (χ4n) is 2.49. The Morgan fingerprint density at radius 2 is 1.95 bits per heavy atom. The van der Waals surface area contributed by atoms with Crippen molar-refractivity contribution < 1.29 is 4.79 Å². The van der Waals surface area contributed by atoms with Crippen LogP contribution in [0.4, 0.5) is 11.4 Å². The van der Waals surface area contributed by atoms with Gasteiger partial charge in [0.2, 0.25) is 5.91 Å². The van der Waals surface area contributed by atoms with Crippen molar-refractivity contribution in [1.82, 2.24) is 4.90 Å². The Morgan fingerprint density at radius 1 is 1.25 bits per heavy atom. The molecule has 1 amide bonds.